The number of aryl methyl sites for hydroxylation is 1. The number of carbonyl (C=O) groups excluding carboxylic acids is 1. The molecule has 10 heteroatoms. The van der Waals surface area contributed by atoms with E-state index in [0.717, 1.165) is 11.3 Å². The molecule has 0 atom stereocenters. The van der Waals surface area contributed by atoms with E-state index < -0.39 is 16.1 Å². The van der Waals surface area contributed by atoms with Gasteiger partial charge in [0.1, 0.15) is 0 Å². The minimum atomic E-state index is -3.64. The number of urea groups is 1. The van der Waals surface area contributed by atoms with E-state index in [9.17, 15) is 13.2 Å². The van der Waals surface area contributed by atoms with Crippen molar-refractivity contribution in [1.82, 2.24) is 15.0 Å². The van der Waals surface area contributed by atoms with Gasteiger partial charge in [-0.1, -0.05) is 22.9 Å². The van der Waals surface area contributed by atoms with Gasteiger partial charge >= 0.3 is 6.03 Å². The molecule has 0 aliphatic heterocycles. The number of thiazole rings is 1. The topological polar surface area (TPSA) is 114 Å². The molecule has 0 aliphatic rings. The van der Waals surface area contributed by atoms with E-state index in [2.05, 4.69) is 15.0 Å². The molecule has 1 heterocycles. The van der Waals surface area contributed by atoms with Crippen LogP contribution in [0.4, 0.5) is 4.79 Å². The molecule has 2 amide bonds. The second-order valence-corrected chi connectivity index (χ2v) is 6.57. The van der Waals surface area contributed by atoms with Crippen LogP contribution in [0.1, 0.15) is 5.69 Å². The number of nitrogens with zero attached hydrogens (tertiary/aromatic N) is 1. The maximum atomic E-state index is 11.8. The zero-order chi connectivity index (χ0) is 13.1. The molecule has 96 valence electrons. The Morgan fingerprint density at radius 2 is 2.18 bits per heavy atom. The maximum Gasteiger partial charge on any atom is 0.312 e. The molecule has 1 aromatic heterocycles. The van der Waals surface area contributed by atoms with E-state index in [4.69, 9.17) is 17.3 Å². The number of aromatic nitrogens is 1. The third-order valence-corrected chi connectivity index (χ3v) is 5.02. The first-order chi connectivity index (χ1) is 7.83. The summed E-state index contributed by atoms with van der Waals surface area (Å²) in [4.78, 5) is 14.2. The van der Waals surface area contributed by atoms with Crippen LogP contribution in [0, 0.1) is 6.92 Å². The van der Waals surface area contributed by atoms with Crippen LogP contribution >= 0.6 is 22.9 Å². The highest BCUT2D eigenvalue weighted by Gasteiger charge is 2.20. The van der Waals surface area contributed by atoms with Crippen LogP contribution < -0.4 is 15.8 Å². The Labute approximate surface area is 107 Å². The monoisotopic (exact) mass is 298 g/mol. The molecule has 0 fully saturated rings. The van der Waals surface area contributed by atoms with Gasteiger partial charge in [0.25, 0.3) is 10.0 Å². The Bertz CT molecular complexity index is 513. The van der Waals surface area contributed by atoms with Gasteiger partial charge in [-0.25, -0.2) is 22.9 Å². The molecule has 1 rings (SSSR count). The molecule has 0 saturated heterocycles. The lowest BCUT2D eigenvalue weighted by Crippen LogP contribution is -2.37. The molecule has 0 unspecified atom stereocenters. The second kappa shape index (κ2) is 5.63. The number of hydrogen-bond donors (Lipinski definition) is 3. The van der Waals surface area contributed by atoms with Crippen LogP contribution in [0.15, 0.2) is 4.21 Å². The minimum Gasteiger partial charge on any atom is -0.352 e. The van der Waals surface area contributed by atoms with Gasteiger partial charge in [0.05, 0.1) is 5.69 Å². The van der Waals surface area contributed by atoms with Gasteiger partial charge in [-0.05, 0) is 6.92 Å². The molecule has 0 bridgehead atoms. The van der Waals surface area contributed by atoms with Crippen LogP contribution in [-0.4, -0.2) is 32.5 Å². The third kappa shape index (κ3) is 4.11. The van der Waals surface area contributed by atoms with Crippen molar-refractivity contribution in [1.29, 1.82) is 0 Å². The smallest absolute Gasteiger partial charge is 0.312 e. The van der Waals surface area contributed by atoms with Gasteiger partial charge in [0.15, 0.2) is 8.68 Å². The molecule has 7 nitrogen and oxygen atoms in total. The first-order valence-corrected chi connectivity index (χ1v) is 7.16. The predicted octanol–water partition coefficient (Wildman–Crippen LogP) is 0.0515. The Hall–Kier alpha value is -0.900. The molecule has 4 N–H and O–H groups in total. The number of rotatable bonds is 5. The van der Waals surface area contributed by atoms with Crippen LogP contribution in [0.2, 0.25) is 4.47 Å². The van der Waals surface area contributed by atoms with Crippen molar-refractivity contribution in [3.8, 4) is 0 Å². The van der Waals surface area contributed by atoms with Gasteiger partial charge in [-0.3, -0.25) is 0 Å². The largest absolute Gasteiger partial charge is 0.352 e. The Balaban J connectivity index is 2.63. The van der Waals surface area contributed by atoms with Crippen molar-refractivity contribution in [2.75, 3.05) is 13.1 Å². The summed E-state index contributed by atoms with van der Waals surface area (Å²) in [5.74, 6) is 0. The first-order valence-electron chi connectivity index (χ1n) is 4.49. The fourth-order valence-electron chi connectivity index (χ4n) is 1.04. The molecule has 0 spiro atoms. The zero-order valence-electron chi connectivity index (χ0n) is 8.86. The fraction of sp³-hybridized carbons (Fsp3) is 0.429. The quantitative estimate of drug-likeness (QED) is 0.666. The van der Waals surface area contributed by atoms with Crippen molar-refractivity contribution in [2.24, 2.45) is 5.73 Å². The van der Waals surface area contributed by atoms with E-state index in [1.54, 1.807) is 6.92 Å². The van der Waals surface area contributed by atoms with Gasteiger partial charge in [0, 0.05) is 13.1 Å². The Kier molecular flexibility index (Phi) is 4.69. The second-order valence-electron chi connectivity index (χ2n) is 3.03. The lowest BCUT2D eigenvalue weighted by molar-refractivity contribution is 0.249. The summed E-state index contributed by atoms with van der Waals surface area (Å²) in [5.41, 5.74) is 5.17. The molecular formula is C7H11ClN4O3S2. The highest BCUT2D eigenvalue weighted by Crippen LogP contribution is 2.26. The summed E-state index contributed by atoms with van der Waals surface area (Å²) in [5, 5.41) is 2.26. The maximum absolute atomic E-state index is 11.8. The molecular weight excluding hydrogens is 288 g/mol. The summed E-state index contributed by atoms with van der Waals surface area (Å²) in [6.07, 6.45) is 0. The summed E-state index contributed by atoms with van der Waals surface area (Å²) in [6, 6.07) is -0.707. The summed E-state index contributed by atoms with van der Waals surface area (Å²) in [6.45, 7) is 1.71. The van der Waals surface area contributed by atoms with E-state index in [0.29, 0.717) is 5.69 Å². The normalized spacial score (nSPS) is 11.4. The fourth-order valence-corrected chi connectivity index (χ4v) is 3.85. The number of halogens is 1. The molecule has 17 heavy (non-hydrogen) atoms. The molecule has 0 aliphatic carbocycles. The number of hydrogen-bond acceptors (Lipinski definition) is 5. The van der Waals surface area contributed by atoms with Crippen molar-refractivity contribution >= 4 is 39.0 Å². The van der Waals surface area contributed by atoms with E-state index in [1.807, 2.05) is 0 Å². The van der Waals surface area contributed by atoms with Crippen molar-refractivity contribution < 1.29 is 13.2 Å². The van der Waals surface area contributed by atoms with Gasteiger partial charge in [-0.15, -0.1) is 0 Å². The zero-order valence-corrected chi connectivity index (χ0v) is 11.2. The molecule has 0 radical (unpaired) electrons. The lowest BCUT2D eigenvalue weighted by atomic mass is 10.6. The van der Waals surface area contributed by atoms with Crippen molar-refractivity contribution in [3.05, 3.63) is 10.2 Å². The highest BCUT2D eigenvalue weighted by atomic mass is 35.5. The van der Waals surface area contributed by atoms with Crippen LogP contribution in [0.3, 0.4) is 0 Å². The minimum absolute atomic E-state index is 0.0419. The third-order valence-electron chi connectivity index (χ3n) is 1.69. The molecule has 0 saturated carbocycles. The molecule has 1 aromatic rings. The average Bonchev–Trinajstić information content (AvgIpc) is 2.53. The van der Waals surface area contributed by atoms with E-state index >= 15 is 0 Å². The molecule has 0 aromatic carbocycles. The average molecular weight is 299 g/mol. The lowest BCUT2D eigenvalue weighted by Gasteiger charge is -2.05. The summed E-state index contributed by atoms with van der Waals surface area (Å²) in [7, 11) is -3.64. The number of nitrogens with one attached hydrogen (secondary N) is 2. The summed E-state index contributed by atoms with van der Waals surface area (Å²) >= 11 is 6.49. The first kappa shape index (κ1) is 14.2. The van der Waals surface area contributed by atoms with Gasteiger partial charge in [-0.2, -0.15) is 0 Å². The van der Waals surface area contributed by atoms with Gasteiger partial charge < -0.3 is 11.1 Å². The Morgan fingerprint density at radius 1 is 1.53 bits per heavy atom. The summed E-state index contributed by atoms with van der Waals surface area (Å²) < 4.78 is 26.1. The highest BCUT2D eigenvalue weighted by molar-refractivity contribution is 7.91. The number of amides is 2. The number of sulfonamides is 1. The van der Waals surface area contributed by atoms with Crippen molar-refractivity contribution in [2.45, 2.75) is 11.1 Å². The number of carbonyl (C=O) groups is 1. The standard InChI is InChI=1S/C7H11ClN4O3S2/c1-4-5(16-6(8)12-4)17(14,15)11-3-2-10-7(9)13/h11H,2-3H2,1H3,(H3,9,10,13). The SMILES string of the molecule is Cc1nc(Cl)sc1S(=O)(=O)NCCNC(N)=O. The number of primary amides is 1. The predicted molar refractivity (Wildman–Crippen MR) is 64.6 cm³/mol. The van der Waals surface area contributed by atoms with Crippen LogP contribution in [-0.2, 0) is 10.0 Å². The van der Waals surface area contributed by atoms with E-state index in [-0.39, 0.29) is 21.8 Å². The van der Waals surface area contributed by atoms with Crippen LogP contribution in [0.25, 0.3) is 0 Å². The number of nitrogens with two attached hydrogens (primary N) is 1. The van der Waals surface area contributed by atoms with Gasteiger partial charge in [0.2, 0.25) is 0 Å². The van der Waals surface area contributed by atoms with Crippen LogP contribution in [0.5, 0.6) is 0 Å². The van der Waals surface area contributed by atoms with Crippen molar-refractivity contribution in [3.63, 3.8) is 0 Å². The van der Waals surface area contributed by atoms with E-state index in [1.165, 1.54) is 0 Å². The Morgan fingerprint density at radius 3 is 2.65 bits per heavy atom.